The van der Waals surface area contributed by atoms with E-state index in [-0.39, 0.29) is 53.7 Å². The van der Waals surface area contributed by atoms with Crippen molar-refractivity contribution in [2.75, 3.05) is 36.2 Å². The molecule has 7 unspecified atom stereocenters. The fraction of sp³-hybridized carbons (Fsp3) is 0.549. The minimum atomic E-state index is -3.52. The normalized spacial score (nSPS) is 32.3. The maximum Gasteiger partial charge on any atom is 0.344 e. The lowest BCUT2D eigenvalue weighted by Crippen LogP contribution is -2.57. The van der Waals surface area contributed by atoms with Gasteiger partial charge >= 0.3 is 11.9 Å². The average molecular weight is 927 g/mol. The number of benzene rings is 4. The molecule has 3 aliphatic heterocycles. The van der Waals surface area contributed by atoms with Crippen molar-refractivity contribution >= 4 is 71.2 Å². The van der Waals surface area contributed by atoms with Crippen molar-refractivity contribution in [3.63, 3.8) is 0 Å². The molecule has 0 aromatic heterocycles. The van der Waals surface area contributed by atoms with Gasteiger partial charge in [0.1, 0.15) is 58.1 Å². The number of hydrogen-bond donors (Lipinski definition) is 0. The lowest BCUT2D eigenvalue weighted by Gasteiger charge is -2.54. The molecule has 6 bridgehead atoms. The fourth-order valence-electron chi connectivity index (χ4n) is 12.9. The van der Waals surface area contributed by atoms with Gasteiger partial charge in [-0.05, 0) is 126 Å². The summed E-state index contributed by atoms with van der Waals surface area (Å²) >= 11 is 0. The highest BCUT2D eigenvalue weighted by molar-refractivity contribution is 7.97. The predicted molar refractivity (Wildman–Crippen MR) is 248 cm³/mol. The van der Waals surface area contributed by atoms with E-state index < -0.39 is 39.1 Å². The molecule has 3 heterocycles. The highest BCUT2D eigenvalue weighted by Gasteiger charge is 2.65. The molecule has 3 saturated heterocycles. The number of hydrogen-bond acceptors (Lipinski definition) is 10. The molecule has 64 heavy (non-hydrogen) atoms. The summed E-state index contributed by atoms with van der Waals surface area (Å²) in [6, 6.07) is 25.0. The first kappa shape index (κ1) is 42.8. The summed E-state index contributed by atoms with van der Waals surface area (Å²) in [5.41, 5.74) is -0.432. The van der Waals surface area contributed by atoms with E-state index in [0.29, 0.717) is 47.6 Å². The van der Waals surface area contributed by atoms with E-state index in [1.165, 1.54) is 82.1 Å². The zero-order valence-electron chi connectivity index (χ0n) is 36.3. The molecule has 0 radical (unpaired) electrons. The van der Waals surface area contributed by atoms with E-state index in [4.69, 9.17) is 23.1 Å². The molecular formula is C51H58O10S3+2. The Balaban J connectivity index is 0.000000143. The van der Waals surface area contributed by atoms with Gasteiger partial charge in [-0.2, -0.15) is 8.42 Å². The van der Waals surface area contributed by atoms with Crippen molar-refractivity contribution in [1.82, 2.24) is 0 Å². The van der Waals surface area contributed by atoms with Gasteiger partial charge in [-0.1, -0.05) is 36.4 Å². The van der Waals surface area contributed by atoms with Crippen LogP contribution in [0.1, 0.15) is 83.5 Å². The highest BCUT2D eigenvalue weighted by Crippen LogP contribution is 2.57. The van der Waals surface area contributed by atoms with Crippen LogP contribution in [0.4, 0.5) is 0 Å². The molecule has 9 fully saturated rings. The molecule has 0 amide bonds. The first-order chi connectivity index (χ1) is 31.1. The Kier molecular flexibility index (Phi) is 11.7. The molecule has 6 aliphatic carbocycles. The monoisotopic (exact) mass is 926 g/mol. The zero-order chi connectivity index (χ0) is 43.6. The minimum absolute atomic E-state index is 0.0409. The first-order valence-electron chi connectivity index (χ1n) is 23.6. The molecule has 13 heteroatoms. The van der Waals surface area contributed by atoms with E-state index in [1.807, 2.05) is 30.3 Å². The minimum Gasteiger partial charge on any atom is -0.481 e. The number of ether oxygens (including phenoxy) is 4. The zero-order valence-corrected chi connectivity index (χ0v) is 38.7. The molecule has 0 N–H and O–H groups in total. The van der Waals surface area contributed by atoms with Crippen LogP contribution < -0.4 is 9.47 Å². The van der Waals surface area contributed by atoms with Gasteiger partial charge in [-0.3, -0.25) is 8.98 Å². The Labute approximate surface area is 381 Å². The van der Waals surface area contributed by atoms with Crippen LogP contribution in [0.5, 0.6) is 11.5 Å². The van der Waals surface area contributed by atoms with Crippen LogP contribution >= 0.6 is 0 Å². The van der Waals surface area contributed by atoms with Crippen molar-refractivity contribution in [1.29, 1.82) is 0 Å². The van der Waals surface area contributed by atoms with E-state index in [1.54, 1.807) is 0 Å². The van der Waals surface area contributed by atoms with Crippen LogP contribution in [0.25, 0.3) is 21.5 Å². The third kappa shape index (κ3) is 8.12. The Morgan fingerprint density at radius 2 is 1.17 bits per heavy atom. The second kappa shape index (κ2) is 17.5. The number of carbonyl (C=O) groups is 3. The lowest BCUT2D eigenvalue weighted by molar-refractivity contribution is -0.190. The van der Waals surface area contributed by atoms with Gasteiger partial charge in [-0.15, -0.1) is 0 Å². The summed E-state index contributed by atoms with van der Waals surface area (Å²) in [6.07, 6.45) is 12.5. The smallest absolute Gasteiger partial charge is 0.344 e. The number of Topliss-reactive ketones (excluding diaryl/α,β-unsaturated/α-hetero) is 1. The Morgan fingerprint density at radius 3 is 1.73 bits per heavy atom. The standard InChI is InChI=1S/C27H31O4S.C24H27O6S2/c28-25(31-27-14-18-12-19(15-27)26(29)20(13-18)16-27)17-30-23-8-9-24(32-10-4-1-5-11-32)22-7-3-2-6-21(22)23;25-22(29-23-15-12-18-21(13-15)32(26,27)30-24(18)23)14-28-19-8-9-20(31-10-4-1-5-11-31)17-7-3-2-6-16(17)19/h2-3,6-9,18-20H,1,4-5,10-17H2;2-3,6-9,15,18,21,23-24H,1,4-5,10-14H2/q2*+1. The molecule has 338 valence electrons. The van der Waals surface area contributed by atoms with Crippen molar-refractivity contribution in [2.45, 2.75) is 116 Å². The molecule has 13 rings (SSSR count). The Morgan fingerprint density at radius 1 is 0.641 bits per heavy atom. The van der Waals surface area contributed by atoms with E-state index in [9.17, 15) is 22.8 Å². The van der Waals surface area contributed by atoms with Crippen molar-refractivity contribution in [3.8, 4) is 11.5 Å². The molecule has 10 nitrogen and oxygen atoms in total. The topological polar surface area (TPSA) is 132 Å². The Hall–Kier alpha value is -3.78. The van der Waals surface area contributed by atoms with Crippen LogP contribution in [-0.2, 0) is 59.9 Å². The second-order valence-electron chi connectivity index (χ2n) is 19.6. The third-order valence-corrected chi connectivity index (χ3v) is 22.4. The maximum absolute atomic E-state index is 12.8. The summed E-state index contributed by atoms with van der Waals surface area (Å²) in [6.45, 7) is -0.281. The van der Waals surface area contributed by atoms with Crippen LogP contribution in [-0.4, -0.2) is 85.4 Å². The van der Waals surface area contributed by atoms with Crippen LogP contribution in [0.15, 0.2) is 82.6 Å². The predicted octanol–water partition coefficient (Wildman–Crippen LogP) is 8.50. The lowest BCUT2D eigenvalue weighted by atomic mass is 9.53. The molecule has 4 aromatic rings. The summed E-state index contributed by atoms with van der Waals surface area (Å²) in [7, 11) is -2.93. The number of carbonyl (C=O) groups excluding carboxylic acids is 3. The first-order valence-corrected chi connectivity index (χ1v) is 28.2. The number of fused-ring (bicyclic) bond motifs is 3. The largest absolute Gasteiger partial charge is 0.481 e. The summed E-state index contributed by atoms with van der Waals surface area (Å²) in [4.78, 5) is 40.6. The Bertz CT molecular complexity index is 2550. The second-order valence-corrected chi connectivity index (χ2v) is 25.8. The van der Waals surface area contributed by atoms with Crippen LogP contribution in [0.2, 0.25) is 0 Å². The maximum atomic E-state index is 12.8. The summed E-state index contributed by atoms with van der Waals surface area (Å²) in [5, 5.41) is 4.13. The summed E-state index contributed by atoms with van der Waals surface area (Å²) < 4.78 is 53.1. The van der Waals surface area contributed by atoms with E-state index in [0.717, 1.165) is 42.2 Å². The SMILES string of the molecule is O=C(COc1ccc([S+]2CCCCC2)c2ccccc12)OC12CC3CC(C1)C(=O)C(C3)C2.O=C(COc1ccc([S+]2CCCCC2)c2ccccc12)OC1C2CC3C1OS(=O)(=O)C3C2. The quantitative estimate of drug-likeness (QED) is 0.0867. The van der Waals surface area contributed by atoms with Gasteiger partial charge in [0.2, 0.25) is 0 Å². The van der Waals surface area contributed by atoms with E-state index in [2.05, 4.69) is 42.5 Å². The number of rotatable bonds is 10. The molecule has 4 aromatic carbocycles. The van der Waals surface area contributed by atoms with Crippen molar-refractivity contribution in [3.05, 3.63) is 72.8 Å². The molecule has 7 atom stereocenters. The summed E-state index contributed by atoms with van der Waals surface area (Å²) in [5.74, 6) is 6.89. The van der Waals surface area contributed by atoms with Crippen LogP contribution in [0, 0.1) is 29.6 Å². The van der Waals surface area contributed by atoms with Crippen molar-refractivity contribution < 1.29 is 45.9 Å². The van der Waals surface area contributed by atoms with Crippen molar-refractivity contribution in [2.24, 2.45) is 29.6 Å². The number of ketones is 1. The van der Waals surface area contributed by atoms with Gasteiger partial charge in [0.25, 0.3) is 10.1 Å². The molecule has 9 aliphatic rings. The van der Waals surface area contributed by atoms with E-state index >= 15 is 0 Å². The van der Waals surface area contributed by atoms with Gasteiger partial charge in [-0.25, -0.2) is 9.59 Å². The average Bonchev–Trinajstić information content (AvgIpc) is 3.94. The van der Waals surface area contributed by atoms with Gasteiger partial charge < -0.3 is 18.9 Å². The highest BCUT2D eigenvalue weighted by atomic mass is 32.2. The van der Waals surface area contributed by atoms with Gasteiger partial charge in [0.15, 0.2) is 23.0 Å². The fourth-order valence-corrected chi connectivity index (χ4v) is 19.8. The number of esters is 2. The molecular weight excluding hydrogens is 869 g/mol. The third-order valence-electron chi connectivity index (χ3n) is 15.5. The van der Waals surface area contributed by atoms with Gasteiger partial charge in [0.05, 0.1) is 5.25 Å². The van der Waals surface area contributed by atoms with Gasteiger partial charge in [0, 0.05) is 67.0 Å². The van der Waals surface area contributed by atoms with Crippen LogP contribution in [0.3, 0.4) is 0 Å². The molecule has 6 saturated carbocycles. The molecule has 0 spiro atoms.